The second-order valence-corrected chi connectivity index (χ2v) is 4.44. The molecule has 1 aromatic carbocycles. The zero-order valence-corrected chi connectivity index (χ0v) is 10.9. The maximum Gasteiger partial charge on any atom is 0.0727 e. The molecule has 0 aliphatic heterocycles. The molecule has 17 heavy (non-hydrogen) atoms. The highest BCUT2D eigenvalue weighted by Crippen LogP contribution is 2.27. The molecule has 0 unspecified atom stereocenters. The topological polar surface area (TPSA) is 28.2 Å². The van der Waals surface area contributed by atoms with Crippen LogP contribution in [0.3, 0.4) is 0 Å². The summed E-state index contributed by atoms with van der Waals surface area (Å²) in [6, 6.07) is 8.47. The van der Waals surface area contributed by atoms with Crippen molar-refractivity contribution >= 4 is 22.3 Å². The van der Waals surface area contributed by atoms with Gasteiger partial charge < -0.3 is 10.2 Å². The maximum absolute atomic E-state index is 4.56. The summed E-state index contributed by atoms with van der Waals surface area (Å²) in [5, 5.41) is 4.58. The summed E-state index contributed by atoms with van der Waals surface area (Å²) < 4.78 is 0. The predicted octanol–water partition coefficient (Wildman–Crippen LogP) is 3.04. The number of nitrogens with zero attached hydrogens (tertiary/aromatic N) is 2. The lowest BCUT2D eigenvalue weighted by Crippen LogP contribution is -2.08. The van der Waals surface area contributed by atoms with Crippen LogP contribution in [-0.4, -0.2) is 25.6 Å². The number of fused-ring (bicyclic) bond motifs is 1. The van der Waals surface area contributed by atoms with E-state index in [-0.39, 0.29) is 0 Å². The van der Waals surface area contributed by atoms with E-state index in [4.69, 9.17) is 0 Å². The fourth-order valence-corrected chi connectivity index (χ4v) is 1.96. The zero-order valence-electron chi connectivity index (χ0n) is 10.9. The average molecular weight is 229 g/mol. The van der Waals surface area contributed by atoms with E-state index in [0.717, 1.165) is 17.8 Å². The molecule has 0 aliphatic carbocycles. The number of anilines is 2. The molecule has 0 radical (unpaired) electrons. The summed E-state index contributed by atoms with van der Waals surface area (Å²) in [5.74, 6) is 0. The van der Waals surface area contributed by atoms with Crippen molar-refractivity contribution in [1.82, 2.24) is 4.98 Å². The van der Waals surface area contributed by atoms with Gasteiger partial charge >= 0.3 is 0 Å². The van der Waals surface area contributed by atoms with Gasteiger partial charge in [-0.2, -0.15) is 0 Å². The molecule has 0 saturated carbocycles. The van der Waals surface area contributed by atoms with Gasteiger partial charge in [-0.1, -0.05) is 0 Å². The monoisotopic (exact) mass is 229 g/mol. The first-order chi connectivity index (χ1) is 8.11. The lowest BCUT2D eigenvalue weighted by Gasteiger charge is -2.15. The average Bonchev–Trinajstić information content (AvgIpc) is 2.28. The Kier molecular flexibility index (Phi) is 3.18. The second kappa shape index (κ2) is 4.62. The molecule has 0 bridgehead atoms. The molecule has 0 amide bonds. The summed E-state index contributed by atoms with van der Waals surface area (Å²) in [5.41, 5.74) is 4.46. The lowest BCUT2D eigenvalue weighted by molar-refractivity contribution is 1.13. The molecule has 0 aliphatic rings. The third-order valence-corrected chi connectivity index (χ3v) is 2.80. The van der Waals surface area contributed by atoms with Crippen LogP contribution in [0.1, 0.15) is 12.6 Å². The van der Waals surface area contributed by atoms with Gasteiger partial charge in [0.1, 0.15) is 0 Å². The molecule has 2 rings (SSSR count). The van der Waals surface area contributed by atoms with Crippen LogP contribution in [0.5, 0.6) is 0 Å². The lowest BCUT2D eigenvalue weighted by atomic mass is 10.1. The van der Waals surface area contributed by atoms with Gasteiger partial charge in [0.15, 0.2) is 0 Å². The fraction of sp³-hybridized carbons (Fsp3) is 0.357. The van der Waals surface area contributed by atoms with Crippen LogP contribution in [0.25, 0.3) is 10.9 Å². The molecule has 1 heterocycles. The van der Waals surface area contributed by atoms with Gasteiger partial charge in [-0.25, -0.2) is 0 Å². The summed E-state index contributed by atoms with van der Waals surface area (Å²) in [6.07, 6.45) is 0. The first-order valence-electron chi connectivity index (χ1n) is 5.94. The molecule has 3 nitrogen and oxygen atoms in total. The van der Waals surface area contributed by atoms with E-state index < -0.39 is 0 Å². The van der Waals surface area contributed by atoms with E-state index >= 15 is 0 Å². The summed E-state index contributed by atoms with van der Waals surface area (Å²) in [7, 11) is 4.10. The molecule has 0 fully saturated rings. The van der Waals surface area contributed by atoms with Crippen molar-refractivity contribution in [1.29, 1.82) is 0 Å². The number of rotatable bonds is 3. The molecule has 0 saturated heterocycles. The summed E-state index contributed by atoms with van der Waals surface area (Å²) >= 11 is 0. The Morgan fingerprint density at radius 2 is 2.00 bits per heavy atom. The van der Waals surface area contributed by atoms with Crippen molar-refractivity contribution in [3.8, 4) is 0 Å². The minimum Gasteiger partial charge on any atom is -0.385 e. The smallest absolute Gasteiger partial charge is 0.0727 e. The third kappa shape index (κ3) is 2.33. The number of hydrogen-bond donors (Lipinski definition) is 1. The largest absolute Gasteiger partial charge is 0.385 e. The number of benzene rings is 1. The van der Waals surface area contributed by atoms with Crippen LogP contribution in [0, 0.1) is 6.92 Å². The van der Waals surface area contributed by atoms with Crippen LogP contribution >= 0.6 is 0 Å². The van der Waals surface area contributed by atoms with E-state index in [9.17, 15) is 0 Å². The Balaban J connectivity index is 2.64. The van der Waals surface area contributed by atoms with Crippen LogP contribution in [0.15, 0.2) is 24.3 Å². The molecule has 1 aromatic heterocycles. The van der Waals surface area contributed by atoms with Crippen molar-refractivity contribution in [2.45, 2.75) is 13.8 Å². The Bertz CT molecular complexity index is 532. The van der Waals surface area contributed by atoms with E-state index in [1.165, 1.54) is 16.8 Å². The second-order valence-electron chi connectivity index (χ2n) is 4.44. The van der Waals surface area contributed by atoms with Crippen molar-refractivity contribution in [3.05, 3.63) is 30.0 Å². The molecule has 90 valence electrons. The van der Waals surface area contributed by atoms with Gasteiger partial charge in [-0.05, 0) is 38.1 Å². The van der Waals surface area contributed by atoms with Gasteiger partial charge in [-0.3, -0.25) is 4.98 Å². The molecule has 3 heteroatoms. The SMILES string of the molecule is CCNc1cc(C)nc2ccc(N(C)C)cc12. The van der Waals surface area contributed by atoms with Crippen molar-refractivity contribution in [2.24, 2.45) is 0 Å². The molecular weight excluding hydrogens is 210 g/mol. The number of aromatic nitrogens is 1. The van der Waals surface area contributed by atoms with E-state index in [1.54, 1.807) is 0 Å². The van der Waals surface area contributed by atoms with Gasteiger partial charge in [0.05, 0.1) is 5.52 Å². The van der Waals surface area contributed by atoms with Crippen molar-refractivity contribution in [2.75, 3.05) is 30.9 Å². The van der Waals surface area contributed by atoms with E-state index in [0.29, 0.717) is 0 Å². The highest BCUT2D eigenvalue weighted by molar-refractivity contribution is 5.93. The summed E-state index contributed by atoms with van der Waals surface area (Å²) in [4.78, 5) is 6.67. The number of hydrogen-bond acceptors (Lipinski definition) is 3. The number of aryl methyl sites for hydroxylation is 1. The van der Waals surface area contributed by atoms with Crippen LogP contribution in [0.4, 0.5) is 11.4 Å². The Morgan fingerprint density at radius 1 is 1.24 bits per heavy atom. The molecular formula is C14H19N3. The van der Waals surface area contributed by atoms with Gasteiger partial charge in [0, 0.05) is 43.1 Å². The molecule has 0 atom stereocenters. The normalized spacial score (nSPS) is 10.6. The number of nitrogens with one attached hydrogen (secondary N) is 1. The molecule has 1 N–H and O–H groups in total. The van der Waals surface area contributed by atoms with Gasteiger partial charge in [0.2, 0.25) is 0 Å². The van der Waals surface area contributed by atoms with Gasteiger partial charge in [0.25, 0.3) is 0 Å². The van der Waals surface area contributed by atoms with Gasteiger partial charge in [-0.15, -0.1) is 0 Å². The number of pyridine rings is 1. The van der Waals surface area contributed by atoms with E-state index in [1.807, 2.05) is 6.92 Å². The molecule has 0 spiro atoms. The molecule has 2 aromatic rings. The first kappa shape index (κ1) is 11.7. The van der Waals surface area contributed by atoms with Crippen LogP contribution < -0.4 is 10.2 Å². The minimum absolute atomic E-state index is 0.921. The highest BCUT2D eigenvalue weighted by Gasteiger charge is 2.05. The Morgan fingerprint density at radius 3 is 2.65 bits per heavy atom. The minimum atomic E-state index is 0.921. The van der Waals surface area contributed by atoms with Crippen LogP contribution in [-0.2, 0) is 0 Å². The Labute approximate surface area is 102 Å². The standard InChI is InChI=1S/C14H19N3/c1-5-15-14-8-10(2)16-13-7-6-11(17(3)4)9-12(13)14/h6-9H,5H2,1-4H3,(H,15,16). The summed E-state index contributed by atoms with van der Waals surface area (Å²) in [6.45, 7) is 5.06. The maximum atomic E-state index is 4.56. The predicted molar refractivity (Wildman–Crippen MR) is 75.0 cm³/mol. The first-order valence-corrected chi connectivity index (χ1v) is 5.94. The fourth-order valence-electron chi connectivity index (χ4n) is 1.96. The zero-order chi connectivity index (χ0) is 12.4. The highest BCUT2D eigenvalue weighted by atomic mass is 15.1. The Hall–Kier alpha value is -1.77. The van der Waals surface area contributed by atoms with Crippen molar-refractivity contribution < 1.29 is 0 Å². The van der Waals surface area contributed by atoms with Crippen LogP contribution in [0.2, 0.25) is 0 Å². The van der Waals surface area contributed by atoms with E-state index in [2.05, 4.69) is 60.5 Å². The third-order valence-electron chi connectivity index (χ3n) is 2.80. The van der Waals surface area contributed by atoms with Crippen molar-refractivity contribution in [3.63, 3.8) is 0 Å². The quantitative estimate of drug-likeness (QED) is 0.876.